The third kappa shape index (κ3) is 8.14. The zero-order valence-electron chi connectivity index (χ0n) is 17.3. The van der Waals surface area contributed by atoms with Gasteiger partial charge in [0.1, 0.15) is 0 Å². The first-order valence-electron chi connectivity index (χ1n) is 9.59. The minimum Gasteiger partial charge on any atom is -0.386 e. The van der Waals surface area contributed by atoms with Crippen molar-refractivity contribution in [2.24, 2.45) is 4.99 Å². The summed E-state index contributed by atoms with van der Waals surface area (Å²) in [4.78, 5) is 8.65. The number of aliphatic hydroxyl groups excluding tert-OH is 1. The van der Waals surface area contributed by atoms with Crippen LogP contribution in [0.1, 0.15) is 50.5 Å². The topological polar surface area (TPSA) is 69.5 Å². The summed E-state index contributed by atoms with van der Waals surface area (Å²) < 4.78 is 0. The molecule has 0 spiro atoms. The first-order chi connectivity index (χ1) is 12.9. The summed E-state index contributed by atoms with van der Waals surface area (Å²) >= 11 is 0. The van der Waals surface area contributed by atoms with Crippen molar-refractivity contribution in [2.45, 2.75) is 45.6 Å². The van der Waals surface area contributed by atoms with E-state index in [0.29, 0.717) is 12.5 Å². The van der Waals surface area contributed by atoms with Crippen molar-refractivity contribution in [3.63, 3.8) is 0 Å². The fraction of sp³-hybridized carbons (Fsp3) is 0.455. The molecule has 0 bridgehead atoms. The summed E-state index contributed by atoms with van der Waals surface area (Å²) in [6.45, 7) is 10.4. The Balaban J connectivity index is 0.00000392. The predicted octanol–water partition coefficient (Wildman–Crippen LogP) is 3.83. The molecule has 0 aliphatic rings. The fourth-order valence-corrected chi connectivity index (χ4v) is 2.70. The zero-order chi connectivity index (χ0) is 19.7. The Morgan fingerprint density at radius 1 is 1.14 bits per heavy atom. The number of aliphatic hydroxyl groups is 1. The zero-order valence-corrected chi connectivity index (χ0v) is 19.6. The van der Waals surface area contributed by atoms with E-state index < -0.39 is 6.10 Å². The first kappa shape index (κ1) is 24.4. The van der Waals surface area contributed by atoms with Crippen molar-refractivity contribution in [1.29, 1.82) is 0 Å². The Morgan fingerprint density at radius 3 is 2.43 bits per heavy atom. The highest BCUT2D eigenvalue weighted by atomic mass is 127. The first-order valence-corrected chi connectivity index (χ1v) is 9.59. The Bertz CT molecular complexity index is 712. The van der Waals surface area contributed by atoms with E-state index in [0.717, 1.165) is 25.1 Å². The molecule has 0 saturated heterocycles. The Labute approximate surface area is 186 Å². The standard InChI is InChI=1S/C22H32N4O.HI/c1-5-24-21(25-14-12-17-7-6-13-23-15-17)26-16-20(27)18-8-10-19(11-9-18)22(2,3)4;/h6-11,13,15,20,27H,5,12,14,16H2,1-4H3,(H2,24,25,26);1H. The number of hydrogen-bond acceptors (Lipinski definition) is 3. The van der Waals surface area contributed by atoms with Gasteiger partial charge >= 0.3 is 0 Å². The van der Waals surface area contributed by atoms with E-state index in [1.807, 2.05) is 31.3 Å². The molecule has 1 aromatic carbocycles. The van der Waals surface area contributed by atoms with Crippen LogP contribution in [-0.2, 0) is 11.8 Å². The normalized spacial score (nSPS) is 12.8. The van der Waals surface area contributed by atoms with Gasteiger partial charge < -0.3 is 15.7 Å². The second-order valence-corrected chi connectivity index (χ2v) is 7.65. The third-order valence-electron chi connectivity index (χ3n) is 4.36. The van der Waals surface area contributed by atoms with Gasteiger partial charge in [-0.1, -0.05) is 51.1 Å². The van der Waals surface area contributed by atoms with E-state index in [2.05, 4.69) is 59.6 Å². The van der Waals surface area contributed by atoms with Crippen molar-refractivity contribution >= 4 is 29.9 Å². The van der Waals surface area contributed by atoms with Crippen LogP contribution in [0.15, 0.2) is 53.8 Å². The van der Waals surface area contributed by atoms with Crippen molar-refractivity contribution in [1.82, 2.24) is 15.6 Å². The molecule has 0 aliphatic heterocycles. The molecule has 28 heavy (non-hydrogen) atoms. The Kier molecular flexibility index (Phi) is 10.5. The molecule has 0 radical (unpaired) electrons. The van der Waals surface area contributed by atoms with Crippen LogP contribution in [0, 0.1) is 0 Å². The molecule has 5 nitrogen and oxygen atoms in total. The van der Waals surface area contributed by atoms with Gasteiger partial charge in [0.25, 0.3) is 0 Å². The Morgan fingerprint density at radius 2 is 1.86 bits per heavy atom. The molecule has 1 heterocycles. The van der Waals surface area contributed by atoms with Gasteiger partial charge in [-0.25, -0.2) is 0 Å². The maximum Gasteiger partial charge on any atom is 0.191 e. The van der Waals surface area contributed by atoms with Crippen LogP contribution in [-0.4, -0.2) is 35.7 Å². The third-order valence-corrected chi connectivity index (χ3v) is 4.36. The molecular formula is C22H33IN4O. The largest absolute Gasteiger partial charge is 0.386 e. The second-order valence-electron chi connectivity index (χ2n) is 7.65. The molecule has 1 atom stereocenters. The summed E-state index contributed by atoms with van der Waals surface area (Å²) in [6.07, 6.45) is 3.90. The molecule has 0 saturated carbocycles. The molecule has 2 aromatic rings. The van der Waals surface area contributed by atoms with Gasteiger partial charge in [-0.15, -0.1) is 24.0 Å². The maximum absolute atomic E-state index is 10.5. The van der Waals surface area contributed by atoms with Crippen LogP contribution >= 0.6 is 24.0 Å². The summed E-state index contributed by atoms with van der Waals surface area (Å²) in [6, 6.07) is 12.1. The van der Waals surface area contributed by atoms with Crippen LogP contribution < -0.4 is 10.6 Å². The highest BCUT2D eigenvalue weighted by Crippen LogP contribution is 2.24. The van der Waals surface area contributed by atoms with Crippen LogP contribution in [0.4, 0.5) is 0 Å². The molecule has 1 unspecified atom stereocenters. The minimum absolute atomic E-state index is 0. The maximum atomic E-state index is 10.5. The molecule has 0 aliphatic carbocycles. The van der Waals surface area contributed by atoms with E-state index in [9.17, 15) is 5.11 Å². The number of guanidine groups is 1. The number of pyridine rings is 1. The number of nitrogens with zero attached hydrogens (tertiary/aromatic N) is 2. The van der Waals surface area contributed by atoms with Crippen molar-refractivity contribution < 1.29 is 5.11 Å². The lowest BCUT2D eigenvalue weighted by Crippen LogP contribution is -2.38. The van der Waals surface area contributed by atoms with E-state index in [-0.39, 0.29) is 29.4 Å². The van der Waals surface area contributed by atoms with Crippen molar-refractivity contribution in [3.8, 4) is 0 Å². The number of aromatic nitrogens is 1. The van der Waals surface area contributed by atoms with Crippen molar-refractivity contribution in [2.75, 3.05) is 19.6 Å². The highest BCUT2D eigenvalue weighted by molar-refractivity contribution is 14.0. The number of halogens is 1. The highest BCUT2D eigenvalue weighted by Gasteiger charge is 2.14. The van der Waals surface area contributed by atoms with Crippen LogP contribution in [0.25, 0.3) is 0 Å². The Hall–Kier alpha value is -1.67. The molecule has 1 aromatic heterocycles. The molecule has 2 rings (SSSR count). The fourth-order valence-electron chi connectivity index (χ4n) is 2.70. The van der Waals surface area contributed by atoms with Crippen molar-refractivity contribution in [3.05, 3.63) is 65.5 Å². The van der Waals surface area contributed by atoms with Gasteiger partial charge in [0.15, 0.2) is 5.96 Å². The van der Waals surface area contributed by atoms with Gasteiger partial charge in [-0.05, 0) is 41.5 Å². The predicted molar refractivity (Wildman–Crippen MR) is 127 cm³/mol. The quantitative estimate of drug-likeness (QED) is 0.310. The molecule has 0 amide bonds. The second kappa shape index (κ2) is 12.0. The van der Waals surface area contributed by atoms with Gasteiger partial charge in [0.2, 0.25) is 0 Å². The van der Waals surface area contributed by atoms with E-state index in [4.69, 9.17) is 0 Å². The monoisotopic (exact) mass is 496 g/mol. The van der Waals surface area contributed by atoms with Gasteiger partial charge in [-0.3, -0.25) is 9.98 Å². The summed E-state index contributed by atoms with van der Waals surface area (Å²) in [7, 11) is 0. The van der Waals surface area contributed by atoms with E-state index in [1.54, 1.807) is 6.20 Å². The average molecular weight is 496 g/mol. The summed E-state index contributed by atoms with van der Waals surface area (Å²) in [5, 5.41) is 17.0. The number of aliphatic imine (C=N–C) groups is 1. The summed E-state index contributed by atoms with van der Waals surface area (Å²) in [5.74, 6) is 0.715. The van der Waals surface area contributed by atoms with Gasteiger partial charge in [0, 0.05) is 25.5 Å². The average Bonchev–Trinajstić information content (AvgIpc) is 2.66. The van der Waals surface area contributed by atoms with Gasteiger partial charge in [-0.2, -0.15) is 0 Å². The number of hydrogen-bond donors (Lipinski definition) is 3. The van der Waals surface area contributed by atoms with Crippen LogP contribution in [0.3, 0.4) is 0 Å². The lowest BCUT2D eigenvalue weighted by Gasteiger charge is -2.20. The van der Waals surface area contributed by atoms with E-state index >= 15 is 0 Å². The molecule has 3 N–H and O–H groups in total. The van der Waals surface area contributed by atoms with Crippen LogP contribution in [0.5, 0.6) is 0 Å². The number of rotatable bonds is 7. The minimum atomic E-state index is -0.618. The SMILES string of the molecule is CCNC(=NCC(O)c1ccc(C(C)(C)C)cc1)NCCc1cccnc1.I. The van der Waals surface area contributed by atoms with E-state index in [1.165, 1.54) is 11.1 Å². The lowest BCUT2D eigenvalue weighted by atomic mass is 9.86. The van der Waals surface area contributed by atoms with Gasteiger partial charge in [0.05, 0.1) is 12.6 Å². The number of nitrogens with one attached hydrogen (secondary N) is 2. The molecule has 6 heteroatoms. The lowest BCUT2D eigenvalue weighted by molar-refractivity contribution is 0.187. The number of benzene rings is 1. The smallest absolute Gasteiger partial charge is 0.191 e. The van der Waals surface area contributed by atoms with Crippen LogP contribution in [0.2, 0.25) is 0 Å². The summed E-state index contributed by atoms with van der Waals surface area (Å²) in [5.41, 5.74) is 3.43. The molecule has 154 valence electrons. The molecule has 0 fully saturated rings. The molecular weight excluding hydrogens is 463 g/mol.